The van der Waals surface area contributed by atoms with Crippen molar-refractivity contribution in [2.24, 2.45) is 0 Å². The van der Waals surface area contributed by atoms with Crippen LogP contribution in [0, 0.1) is 0 Å². The number of nitrogens with zero attached hydrogens (tertiary/aromatic N) is 2. The first-order valence-electron chi connectivity index (χ1n) is 5.12. The molecule has 0 radical (unpaired) electrons. The smallest absolute Gasteiger partial charge is 0.255 e. The monoisotopic (exact) mass is 208 g/mol. The van der Waals surface area contributed by atoms with Crippen molar-refractivity contribution < 1.29 is 9.90 Å². The van der Waals surface area contributed by atoms with Gasteiger partial charge in [-0.25, -0.2) is 0 Å². The molecule has 0 spiro atoms. The first kappa shape index (κ1) is 11.5. The van der Waals surface area contributed by atoms with Crippen molar-refractivity contribution in [2.75, 3.05) is 13.1 Å². The summed E-state index contributed by atoms with van der Waals surface area (Å²) in [6.45, 7) is 5.35. The molecule has 4 heteroatoms. The molecule has 1 amide bonds. The molecule has 0 aliphatic heterocycles. The van der Waals surface area contributed by atoms with Crippen molar-refractivity contribution >= 4 is 5.91 Å². The minimum Gasteiger partial charge on any atom is -0.506 e. The van der Waals surface area contributed by atoms with E-state index in [1.807, 2.05) is 13.8 Å². The lowest BCUT2D eigenvalue weighted by molar-refractivity contribution is 0.0763. The fourth-order valence-corrected chi connectivity index (χ4v) is 1.40. The van der Waals surface area contributed by atoms with Gasteiger partial charge in [-0.3, -0.25) is 9.78 Å². The molecule has 1 aromatic rings. The molecule has 0 atom stereocenters. The van der Waals surface area contributed by atoms with Crippen molar-refractivity contribution in [3.8, 4) is 5.75 Å². The summed E-state index contributed by atoms with van der Waals surface area (Å²) in [6, 6.07) is 1.44. The Kier molecular flexibility index (Phi) is 4.09. The van der Waals surface area contributed by atoms with E-state index < -0.39 is 0 Å². The molecule has 15 heavy (non-hydrogen) atoms. The molecule has 0 aromatic carbocycles. The van der Waals surface area contributed by atoms with Gasteiger partial charge in [0.2, 0.25) is 0 Å². The van der Waals surface area contributed by atoms with Gasteiger partial charge < -0.3 is 10.0 Å². The number of aromatic nitrogens is 1. The molecule has 4 nitrogen and oxygen atoms in total. The quantitative estimate of drug-likeness (QED) is 0.818. The van der Waals surface area contributed by atoms with Crippen molar-refractivity contribution in [1.82, 2.24) is 9.88 Å². The van der Waals surface area contributed by atoms with Crippen LogP contribution in [0.4, 0.5) is 0 Å². The lowest BCUT2D eigenvalue weighted by atomic mass is 10.2. The van der Waals surface area contributed by atoms with E-state index in [2.05, 4.69) is 4.98 Å². The first-order chi connectivity index (χ1) is 7.19. The van der Waals surface area contributed by atoms with Gasteiger partial charge in [0, 0.05) is 19.3 Å². The first-order valence-corrected chi connectivity index (χ1v) is 5.12. The van der Waals surface area contributed by atoms with Gasteiger partial charge in [0.1, 0.15) is 5.75 Å². The highest BCUT2D eigenvalue weighted by Gasteiger charge is 2.13. The molecule has 82 valence electrons. The van der Waals surface area contributed by atoms with Gasteiger partial charge >= 0.3 is 0 Å². The third kappa shape index (κ3) is 2.94. The van der Waals surface area contributed by atoms with Crippen LogP contribution in [0.3, 0.4) is 0 Å². The Morgan fingerprint density at radius 3 is 2.73 bits per heavy atom. The van der Waals surface area contributed by atoms with Crippen molar-refractivity contribution in [1.29, 1.82) is 0 Å². The lowest BCUT2D eigenvalue weighted by Crippen LogP contribution is -2.31. The third-order valence-electron chi connectivity index (χ3n) is 2.13. The van der Waals surface area contributed by atoms with Crippen LogP contribution in [0.1, 0.15) is 30.6 Å². The van der Waals surface area contributed by atoms with Crippen LogP contribution in [0.5, 0.6) is 5.75 Å². The zero-order valence-corrected chi connectivity index (χ0v) is 9.10. The van der Waals surface area contributed by atoms with Gasteiger partial charge in [-0.15, -0.1) is 0 Å². The highest BCUT2D eigenvalue weighted by Crippen LogP contribution is 2.11. The number of pyridine rings is 1. The van der Waals surface area contributed by atoms with Gasteiger partial charge in [-0.1, -0.05) is 6.92 Å². The number of aromatic hydroxyl groups is 1. The minimum atomic E-state index is -0.0808. The standard InChI is InChI=1S/C11H16N2O2/c1-3-5-13(4-2)11(15)9-6-10(14)8-12-7-9/h6-8,14H,3-5H2,1-2H3. The van der Waals surface area contributed by atoms with Gasteiger partial charge in [0.15, 0.2) is 0 Å². The summed E-state index contributed by atoms with van der Waals surface area (Å²) < 4.78 is 0. The topological polar surface area (TPSA) is 53.4 Å². The maximum atomic E-state index is 11.9. The van der Waals surface area contributed by atoms with Crippen molar-refractivity contribution in [2.45, 2.75) is 20.3 Å². The number of hydrogen-bond acceptors (Lipinski definition) is 3. The SMILES string of the molecule is CCCN(CC)C(=O)c1cncc(O)c1. The fourth-order valence-electron chi connectivity index (χ4n) is 1.40. The predicted octanol–water partition coefficient (Wildman–Crippen LogP) is 1.66. The average Bonchev–Trinajstić information content (AvgIpc) is 2.25. The van der Waals surface area contributed by atoms with Gasteiger partial charge in [-0.05, 0) is 19.4 Å². The van der Waals surface area contributed by atoms with E-state index in [1.165, 1.54) is 18.5 Å². The summed E-state index contributed by atoms with van der Waals surface area (Å²) in [4.78, 5) is 17.4. The van der Waals surface area contributed by atoms with E-state index in [0.717, 1.165) is 13.0 Å². The number of amides is 1. The Balaban J connectivity index is 2.82. The Labute approximate surface area is 89.6 Å². The molecule has 1 rings (SSSR count). The third-order valence-corrected chi connectivity index (χ3v) is 2.13. The van der Waals surface area contributed by atoms with E-state index in [9.17, 15) is 9.90 Å². The highest BCUT2D eigenvalue weighted by atomic mass is 16.3. The lowest BCUT2D eigenvalue weighted by Gasteiger charge is -2.19. The molecule has 0 bridgehead atoms. The van der Waals surface area contributed by atoms with Crippen LogP contribution >= 0.6 is 0 Å². The molecular formula is C11H16N2O2. The predicted molar refractivity (Wildman–Crippen MR) is 57.8 cm³/mol. The van der Waals surface area contributed by atoms with Gasteiger partial charge in [0.05, 0.1) is 11.8 Å². The van der Waals surface area contributed by atoms with Crippen LogP contribution in [0.25, 0.3) is 0 Å². The van der Waals surface area contributed by atoms with E-state index in [1.54, 1.807) is 4.90 Å². The normalized spacial score (nSPS) is 10.0. The van der Waals surface area contributed by atoms with E-state index in [-0.39, 0.29) is 11.7 Å². The second kappa shape index (κ2) is 5.34. The maximum absolute atomic E-state index is 11.9. The number of carbonyl (C=O) groups is 1. The fraction of sp³-hybridized carbons (Fsp3) is 0.455. The molecule has 0 saturated heterocycles. The van der Waals surface area contributed by atoms with Crippen LogP contribution < -0.4 is 0 Å². The number of hydrogen-bond donors (Lipinski definition) is 1. The second-order valence-electron chi connectivity index (χ2n) is 3.32. The summed E-state index contributed by atoms with van der Waals surface area (Å²) in [7, 11) is 0. The van der Waals surface area contributed by atoms with Crippen molar-refractivity contribution in [3.05, 3.63) is 24.0 Å². The van der Waals surface area contributed by atoms with Crippen molar-refractivity contribution in [3.63, 3.8) is 0 Å². The minimum absolute atomic E-state index is 0.0217. The average molecular weight is 208 g/mol. The van der Waals surface area contributed by atoms with Gasteiger partial charge in [-0.2, -0.15) is 0 Å². The summed E-state index contributed by atoms with van der Waals surface area (Å²) in [5.74, 6) is -0.0591. The van der Waals surface area contributed by atoms with Crippen LogP contribution in [0.2, 0.25) is 0 Å². The second-order valence-corrected chi connectivity index (χ2v) is 3.32. The van der Waals surface area contributed by atoms with Crippen LogP contribution in [-0.4, -0.2) is 34.0 Å². The zero-order chi connectivity index (χ0) is 11.3. The molecule has 1 N–H and O–H groups in total. The Morgan fingerprint density at radius 1 is 1.47 bits per heavy atom. The maximum Gasteiger partial charge on any atom is 0.255 e. The molecule has 0 saturated carbocycles. The Hall–Kier alpha value is -1.58. The molecular weight excluding hydrogens is 192 g/mol. The Bertz CT molecular complexity index is 339. The summed E-state index contributed by atoms with van der Waals surface area (Å²) in [5.41, 5.74) is 0.435. The molecule has 1 heterocycles. The number of carbonyl (C=O) groups excluding carboxylic acids is 1. The van der Waals surface area contributed by atoms with E-state index in [4.69, 9.17) is 0 Å². The largest absolute Gasteiger partial charge is 0.506 e. The highest BCUT2D eigenvalue weighted by molar-refractivity contribution is 5.94. The zero-order valence-electron chi connectivity index (χ0n) is 9.10. The van der Waals surface area contributed by atoms with E-state index >= 15 is 0 Å². The van der Waals surface area contributed by atoms with E-state index in [0.29, 0.717) is 12.1 Å². The molecule has 0 fully saturated rings. The molecule has 1 aromatic heterocycles. The van der Waals surface area contributed by atoms with Crippen LogP contribution in [-0.2, 0) is 0 Å². The Morgan fingerprint density at radius 2 is 2.20 bits per heavy atom. The molecule has 0 aliphatic carbocycles. The molecule has 0 unspecified atom stereocenters. The summed E-state index contributed by atoms with van der Waals surface area (Å²) in [6.07, 6.45) is 3.71. The molecule has 0 aliphatic rings. The summed E-state index contributed by atoms with van der Waals surface area (Å²) in [5, 5.41) is 9.21. The van der Waals surface area contributed by atoms with Crippen LogP contribution in [0.15, 0.2) is 18.5 Å². The van der Waals surface area contributed by atoms with Gasteiger partial charge in [0.25, 0.3) is 5.91 Å². The summed E-state index contributed by atoms with van der Waals surface area (Å²) >= 11 is 0. The number of rotatable bonds is 4.